The summed E-state index contributed by atoms with van der Waals surface area (Å²) in [6, 6.07) is 0. The topological polar surface area (TPSA) is 58.4 Å². The Morgan fingerprint density at radius 2 is 2.58 bits per heavy atom. The maximum atomic E-state index is 11.8. The number of imidazole rings is 1. The standard InChI is InChI=1S/C13H18N4OS/c18-12(2-1-10-3-4-14-7-10)15-8-11-9-17-5-6-19-13(17)16-11/h5-6,9-10,14H,1-4,7-8H2,(H,15,18). The largest absolute Gasteiger partial charge is 0.350 e. The van der Waals surface area contributed by atoms with E-state index in [4.69, 9.17) is 0 Å². The van der Waals surface area contributed by atoms with Gasteiger partial charge < -0.3 is 10.6 Å². The van der Waals surface area contributed by atoms with Crippen LogP contribution in [0.4, 0.5) is 0 Å². The van der Waals surface area contributed by atoms with Gasteiger partial charge in [-0.15, -0.1) is 11.3 Å². The molecule has 102 valence electrons. The zero-order valence-electron chi connectivity index (χ0n) is 10.8. The number of nitrogens with zero attached hydrogens (tertiary/aromatic N) is 2. The fraction of sp³-hybridized carbons (Fsp3) is 0.538. The van der Waals surface area contributed by atoms with E-state index in [9.17, 15) is 4.79 Å². The van der Waals surface area contributed by atoms with Gasteiger partial charge in [-0.2, -0.15) is 0 Å². The Hall–Kier alpha value is -1.40. The Morgan fingerprint density at radius 3 is 3.37 bits per heavy atom. The summed E-state index contributed by atoms with van der Waals surface area (Å²) in [5.74, 6) is 0.798. The fourth-order valence-electron chi connectivity index (χ4n) is 2.43. The normalized spacial score (nSPS) is 19.1. The quantitative estimate of drug-likeness (QED) is 0.869. The average Bonchev–Trinajstić information content (AvgIpc) is 3.09. The number of amides is 1. The van der Waals surface area contributed by atoms with Gasteiger partial charge in [-0.05, 0) is 31.8 Å². The number of nitrogens with one attached hydrogen (secondary N) is 2. The van der Waals surface area contributed by atoms with Crippen molar-refractivity contribution in [1.29, 1.82) is 0 Å². The van der Waals surface area contributed by atoms with Crippen LogP contribution in [-0.2, 0) is 11.3 Å². The Balaban J connectivity index is 1.43. The molecule has 2 aromatic rings. The van der Waals surface area contributed by atoms with Crippen molar-refractivity contribution in [1.82, 2.24) is 20.0 Å². The maximum absolute atomic E-state index is 11.8. The lowest BCUT2D eigenvalue weighted by Gasteiger charge is -2.07. The molecule has 1 unspecified atom stereocenters. The molecule has 5 nitrogen and oxygen atoms in total. The molecule has 2 N–H and O–H groups in total. The molecule has 0 aliphatic carbocycles. The van der Waals surface area contributed by atoms with Crippen LogP contribution >= 0.6 is 11.3 Å². The SMILES string of the molecule is O=C(CCC1CCNC1)NCc1cn2ccsc2n1. The first-order chi connectivity index (χ1) is 9.31. The van der Waals surface area contributed by atoms with Crippen LogP contribution in [0, 0.1) is 5.92 Å². The molecule has 1 fully saturated rings. The molecule has 0 saturated carbocycles. The second-order valence-corrected chi connectivity index (χ2v) is 5.87. The molecule has 1 saturated heterocycles. The molecule has 1 atom stereocenters. The monoisotopic (exact) mass is 278 g/mol. The van der Waals surface area contributed by atoms with Gasteiger partial charge in [0.05, 0.1) is 12.2 Å². The Bertz CT molecular complexity index is 527. The molecule has 3 heterocycles. The lowest BCUT2D eigenvalue weighted by Crippen LogP contribution is -2.23. The van der Waals surface area contributed by atoms with E-state index in [1.54, 1.807) is 11.3 Å². The van der Waals surface area contributed by atoms with Crippen molar-refractivity contribution in [3.8, 4) is 0 Å². The first-order valence-corrected chi connectivity index (χ1v) is 7.58. The number of thiazole rings is 1. The van der Waals surface area contributed by atoms with Gasteiger partial charge in [0.2, 0.25) is 5.91 Å². The lowest BCUT2D eigenvalue weighted by atomic mass is 10.0. The predicted molar refractivity (Wildman–Crippen MR) is 75.1 cm³/mol. The van der Waals surface area contributed by atoms with E-state index in [0.29, 0.717) is 18.9 Å². The molecule has 0 bridgehead atoms. The van der Waals surface area contributed by atoms with Crippen molar-refractivity contribution in [3.63, 3.8) is 0 Å². The third-order valence-electron chi connectivity index (χ3n) is 3.55. The first-order valence-electron chi connectivity index (χ1n) is 6.70. The molecule has 6 heteroatoms. The van der Waals surface area contributed by atoms with E-state index in [0.717, 1.165) is 30.2 Å². The van der Waals surface area contributed by atoms with E-state index in [-0.39, 0.29) is 5.91 Å². The minimum atomic E-state index is 0.128. The van der Waals surface area contributed by atoms with Gasteiger partial charge >= 0.3 is 0 Å². The summed E-state index contributed by atoms with van der Waals surface area (Å²) in [6.07, 6.45) is 6.74. The summed E-state index contributed by atoms with van der Waals surface area (Å²) in [5, 5.41) is 8.27. The molecule has 0 radical (unpaired) electrons. The van der Waals surface area contributed by atoms with Gasteiger partial charge in [0, 0.05) is 24.2 Å². The number of rotatable bonds is 5. The summed E-state index contributed by atoms with van der Waals surface area (Å²) >= 11 is 1.60. The van der Waals surface area contributed by atoms with E-state index in [1.165, 1.54) is 6.42 Å². The van der Waals surface area contributed by atoms with E-state index in [2.05, 4.69) is 15.6 Å². The second kappa shape index (κ2) is 5.71. The van der Waals surface area contributed by atoms with Crippen molar-refractivity contribution in [2.75, 3.05) is 13.1 Å². The van der Waals surface area contributed by atoms with Gasteiger partial charge in [-0.1, -0.05) is 0 Å². The minimum absolute atomic E-state index is 0.128. The maximum Gasteiger partial charge on any atom is 0.220 e. The van der Waals surface area contributed by atoms with Crippen LogP contribution in [0.15, 0.2) is 17.8 Å². The zero-order valence-corrected chi connectivity index (χ0v) is 11.6. The number of hydrogen-bond acceptors (Lipinski definition) is 4. The van der Waals surface area contributed by atoms with Crippen LogP contribution < -0.4 is 10.6 Å². The minimum Gasteiger partial charge on any atom is -0.350 e. The van der Waals surface area contributed by atoms with E-state index < -0.39 is 0 Å². The summed E-state index contributed by atoms with van der Waals surface area (Å²) in [4.78, 5) is 17.2. The first kappa shape index (κ1) is 12.6. The zero-order chi connectivity index (χ0) is 13.1. The van der Waals surface area contributed by atoms with Gasteiger partial charge in [0.1, 0.15) is 0 Å². The van der Waals surface area contributed by atoms with Gasteiger partial charge in [0.15, 0.2) is 4.96 Å². The Kier molecular flexibility index (Phi) is 3.79. The Labute approximate surface area is 116 Å². The molecule has 3 rings (SSSR count). The van der Waals surface area contributed by atoms with Crippen LogP contribution in [0.3, 0.4) is 0 Å². The highest BCUT2D eigenvalue weighted by atomic mass is 32.1. The predicted octanol–water partition coefficient (Wildman–Crippen LogP) is 1.40. The third kappa shape index (κ3) is 3.13. The number of fused-ring (bicyclic) bond motifs is 1. The van der Waals surface area contributed by atoms with Crippen molar-refractivity contribution in [2.24, 2.45) is 5.92 Å². The van der Waals surface area contributed by atoms with Crippen LogP contribution in [0.25, 0.3) is 4.96 Å². The van der Waals surface area contributed by atoms with Crippen LogP contribution in [0.5, 0.6) is 0 Å². The van der Waals surface area contributed by atoms with Crippen molar-refractivity contribution in [3.05, 3.63) is 23.5 Å². The van der Waals surface area contributed by atoms with Gasteiger partial charge in [-0.25, -0.2) is 4.98 Å². The number of aromatic nitrogens is 2. The van der Waals surface area contributed by atoms with Crippen LogP contribution in [0.1, 0.15) is 25.0 Å². The van der Waals surface area contributed by atoms with Gasteiger partial charge in [-0.3, -0.25) is 9.20 Å². The lowest BCUT2D eigenvalue weighted by molar-refractivity contribution is -0.121. The summed E-state index contributed by atoms with van der Waals surface area (Å²) < 4.78 is 1.98. The fourth-order valence-corrected chi connectivity index (χ4v) is 3.15. The molecular formula is C13H18N4OS. The molecule has 2 aromatic heterocycles. The highest BCUT2D eigenvalue weighted by molar-refractivity contribution is 7.15. The molecule has 0 aromatic carbocycles. The third-order valence-corrected chi connectivity index (χ3v) is 4.32. The Morgan fingerprint density at radius 1 is 1.63 bits per heavy atom. The number of carbonyl (C=O) groups is 1. The smallest absolute Gasteiger partial charge is 0.220 e. The molecule has 19 heavy (non-hydrogen) atoms. The second-order valence-electron chi connectivity index (χ2n) is 5.00. The van der Waals surface area contributed by atoms with E-state index in [1.807, 2.05) is 22.2 Å². The van der Waals surface area contributed by atoms with Crippen LogP contribution in [-0.4, -0.2) is 28.4 Å². The van der Waals surface area contributed by atoms with Gasteiger partial charge in [0.25, 0.3) is 0 Å². The average molecular weight is 278 g/mol. The number of hydrogen-bond donors (Lipinski definition) is 2. The van der Waals surface area contributed by atoms with E-state index >= 15 is 0 Å². The summed E-state index contributed by atoms with van der Waals surface area (Å²) in [6.45, 7) is 2.68. The highest BCUT2D eigenvalue weighted by Gasteiger charge is 2.15. The van der Waals surface area contributed by atoms with Crippen molar-refractivity contribution < 1.29 is 4.79 Å². The molecular weight excluding hydrogens is 260 g/mol. The number of carbonyl (C=O) groups excluding carboxylic acids is 1. The molecule has 1 amide bonds. The molecule has 1 aliphatic heterocycles. The highest BCUT2D eigenvalue weighted by Crippen LogP contribution is 2.14. The molecule has 1 aliphatic rings. The van der Waals surface area contributed by atoms with Crippen molar-refractivity contribution in [2.45, 2.75) is 25.8 Å². The summed E-state index contributed by atoms with van der Waals surface area (Å²) in [5.41, 5.74) is 0.919. The van der Waals surface area contributed by atoms with Crippen LogP contribution in [0.2, 0.25) is 0 Å². The summed E-state index contributed by atoms with van der Waals surface area (Å²) in [7, 11) is 0. The molecule has 0 spiro atoms. The van der Waals surface area contributed by atoms with Crippen molar-refractivity contribution >= 4 is 22.2 Å².